The number of nitrogen functional groups attached to an aromatic ring is 2. The van der Waals surface area contributed by atoms with E-state index in [1.54, 1.807) is 63.6 Å². The molecule has 10 nitrogen and oxygen atoms in total. The van der Waals surface area contributed by atoms with Crippen molar-refractivity contribution < 1.29 is 18.4 Å². The van der Waals surface area contributed by atoms with Gasteiger partial charge in [0.1, 0.15) is 18.9 Å². The largest absolute Gasteiger partial charge is 0.494 e. The lowest BCUT2D eigenvalue weighted by Gasteiger charge is -2.32. The number of nitrogens with zero attached hydrogens (tertiary/aromatic N) is 4. The highest BCUT2D eigenvalue weighted by molar-refractivity contribution is 9.10. The highest BCUT2D eigenvalue weighted by Crippen LogP contribution is 2.39. The molecule has 0 unspecified atom stereocenters. The quantitative estimate of drug-likeness (QED) is 0.153. The van der Waals surface area contributed by atoms with Crippen LogP contribution in [-0.4, -0.2) is 64.9 Å². The maximum atomic E-state index is 12.3. The number of aromatic nitrogens is 4. The van der Waals surface area contributed by atoms with Crippen LogP contribution in [0.4, 0.5) is 11.4 Å². The molecule has 0 atom stereocenters. The molecule has 2 aromatic carbocycles. The maximum absolute atomic E-state index is 12.3. The predicted octanol–water partition coefficient (Wildman–Crippen LogP) is 5.65. The van der Waals surface area contributed by atoms with Crippen LogP contribution in [0.25, 0.3) is 11.3 Å². The zero-order valence-corrected chi connectivity index (χ0v) is 31.6. The summed E-state index contributed by atoms with van der Waals surface area (Å²) in [5.74, 6) is 0. The fraction of sp³-hybridized carbons (Fsp3) is 0.375. The average molecular weight is 729 g/mol. The lowest BCUT2D eigenvalue weighted by molar-refractivity contribution is 0.00578. The summed E-state index contributed by atoms with van der Waals surface area (Å²) < 4.78 is 37.2. The van der Waals surface area contributed by atoms with Crippen molar-refractivity contribution in [2.75, 3.05) is 38.1 Å². The normalized spacial score (nSPS) is 15.3. The summed E-state index contributed by atoms with van der Waals surface area (Å²) >= 11 is 3.17. The second-order valence-corrected chi connectivity index (χ2v) is 20.1. The minimum Gasteiger partial charge on any atom is -0.399 e. The van der Waals surface area contributed by atoms with Gasteiger partial charge in [-0.05, 0) is 114 Å². The Morgan fingerprint density at radius 3 is 1.61 bits per heavy atom. The highest BCUT2D eigenvalue weighted by Gasteiger charge is 2.51. The molecule has 0 spiro atoms. The van der Waals surface area contributed by atoms with Crippen molar-refractivity contribution in [1.29, 1.82) is 0 Å². The minimum atomic E-state index is -2.42. The van der Waals surface area contributed by atoms with Crippen molar-refractivity contribution in [3.63, 3.8) is 0 Å². The SMILES string of the molecule is CC1(C)OB(c2ccc(N)c(P(C)(C)=O)c2)OC1(C)C.Cc1cnc(-c2ccc(N)c(P(C)(C)=O)c2)cn1.Cc1cnc(Br)cn1. The van der Waals surface area contributed by atoms with Crippen molar-refractivity contribution in [2.24, 2.45) is 0 Å². The Balaban J connectivity index is 0.000000204. The third-order valence-electron chi connectivity index (χ3n) is 7.60. The van der Waals surface area contributed by atoms with E-state index in [2.05, 4.69) is 35.9 Å². The minimum absolute atomic E-state index is 0.388. The fourth-order valence-electron chi connectivity index (χ4n) is 4.24. The van der Waals surface area contributed by atoms with E-state index in [1.807, 2.05) is 65.8 Å². The van der Waals surface area contributed by atoms with Gasteiger partial charge in [0.25, 0.3) is 0 Å². The second-order valence-electron chi connectivity index (χ2n) is 12.9. The van der Waals surface area contributed by atoms with E-state index in [-0.39, 0.29) is 11.2 Å². The van der Waals surface area contributed by atoms with Gasteiger partial charge >= 0.3 is 7.12 Å². The summed E-state index contributed by atoms with van der Waals surface area (Å²) in [7, 11) is -5.26. The Hall–Kier alpha value is -2.88. The van der Waals surface area contributed by atoms with Crippen LogP contribution in [0.15, 0.2) is 65.8 Å². The standard InChI is InChI=1S/C14H23BNO3P.C13H16N3OP.C5H5BrN2/c1-13(2)14(3,4)19-15(18-13)10-7-8-11(16)12(9-10)20(5,6)17;1-9-7-16-12(8-15-9)10-4-5-11(14)13(6-10)18(2,3)17;1-4-2-8-5(6)3-7-4/h7-9H,16H2,1-6H3;4-8H,14H2,1-3H3;2-3H,1H3. The Labute approximate surface area is 281 Å². The van der Waals surface area contributed by atoms with Gasteiger partial charge in [0, 0.05) is 39.9 Å². The molecule has 2 aromatic heterocycles. The molecule has 1 aliphatic heterocycles. The molecular formula is C32H44BBrN6O4P2. The number of rotatable bonds is 4. The van der Waals surface area contributed by atoms with Crippen LogP contribution in [0.3, 0.4) is 0 Å². The summed E-state index contributed by atoms with van der Waals surface area (Å²) in [6.45, 7) is 18.7. The Morgan fingerprint density at radius 2 is 1.17 bits per heavy atom. The van der Waals surface area contributed by atoms with Crippen LogP contribution in [-0.2, 0) is 18.4 Å². The first kappa shape index (κ1) is 37.6. The fourth-order valence-corrected chi connectivity index (χ4v) is 6.75. The van der Waals surface area contributed by atoms with Crippen LogP contribution in [0.1, 0.15) is 39.1 Å². The van der Waals surface area contributed by atoms with Gasteiger partial charge in [-0.1, -0.05) is 12.1 Å². The van der Waals surface area contributed by atoms with Gasteiger partial charge in [-0.25, -0.2) is 4.98 Å². The summed E-state index contributed by atoms with van der Waals surface area (Å²) in [5.41, 5.74) is 16.4. The third-order valence-corrected chi connectivity index (χ3v) is 11.1. The Bertz CT molecular complexity index is 1720. The Kier molecular flexibility index (Phi) is 11.8. The molecule has 0 radical (unpaired) electrons. The molecule has 0 aliphatic carbocycles. The first-order valence-corrected chi connectivity index (χ1v) is 20.6. The maximum Gasteiger partial charge on any atom is 0.494 e. The molecule has 0 bridgehead atoms. The van der Waals surface area contributed by atoms with E-state index in [9.17, 15) is 9.13 Å². The molecule has 46 heavy (non-hydrogen) atoms. The van der Waals surface area contributed by atoms with E-state index in [1.165, 1.54) is 0 Å². The van der Waals surface area contributed by atoms with E-state index < -0.39 is 21.4 Å². The van der Waals surface area contributed by atoms with Gasteiger partial charge in [-0.3, -0.25) is 15.0 Å². The molecule has 1 aliphatic rings. The van der Waals surface area contributed by atoms with Crippen LogP contribution in [0.5, 0.6) is 0 Å². The topological polar surface area (TPSA) is 156 Å². The van der Waals surface area contributed by atoms with Crippen LogP contribution < -0.4 is 27.5 Å². The van der Waals surface area contributed by atoms with Gasteiger partial charge in [0.05, 0.1) is 40.7 Å². The second kappa shape index (κ2) is 14.5. The first-order chi connectivity index (χ1) is 21.1. The van der Waals surface area contributed by atoms with Crippen LogP contribution >= 0.6 is 30.2 Å². The lowest BCUT2D eigenvalue weighted by atomic mass is 9.79. The average Bonchev–Trinajstić information content (AvgIpc) is 3.17. The predicted molar refractivity (Wildman–Crippen MR) is 196 cm³/mol. The summed E-state index contributed by atoms with van der Waals surface area (Å²) in [5, 5.41) is 1.38. The number of anilines is 2. The van der Waals surface area contributed by atoms with E-state index in [0.29, 0.717) is 22.0 Å². The zero-order chi connectivity index (χ0) is 34.7. The number of aryl methyl sites for hydroxylation is 2. The number of nitrogens with two attached hydrogens (primary N) is 2. The first-order valence-electron chi connectivity index (χ1n) is 14.6. The molecular weight excluding hydrogens is 685 g/mol. The van der Waals surface area contributed by atoms with Crippen LogP contribution in [0, 0.1) is 13.8 Å². The molecule has 14 heteroatoms. The molecule has 4 N–H and O–H groups in total. The number of benzene rings is 2. The molecule has 1 saturated heterocycles. The monoisotopic (exact) mass is 728 g/mol. The third kappa shape index (κ3) is 9.82. The molecule has 0 amide bonds. The van der Waals surface area contributed by atoms with Crippen molar-refractivity contribution in [1.82, 2.24) is 19.9 Å². The van der Waals surface area contributed by atoms with E-state index in [4.69, 9.17) is 20.8 Å². The van der Waals surface area contributed by atoms with Crippen LogP contribution in [0.2, 0.25) is 0 Å². The molecule has 1 fully saturated rings. The lowest BCUT2D eigenvalue weighted by Crippen LogP contribution is -2.41. The molecule has 3 heterocycles. The number of hydrogen-bond acceptors (Lipinski definition) is 10. The van der Waals surface area contributed by atoms with Gasteiger partial charge in [0.15, 0.2) is 0 Å². The molecule has 4 aromatic rings. The summed E-state index contributed by atoms with van der Waals surface area (Å²) in [6, 6.07) is 11.0. The van der Waals surface area contributed by atoms with E-state index in [0.717, 1.165) is 32.7 Å². The summed E-state index contributed by atoms with van der Waals surface area (Å²) in [4.78, 5) is 16.4. The van der Waals surface area contributed by atoms with E-state index >= 15 is 0 Å². The number of halogens is 1. The van der Waals surface area contributed by atoms with Crippen molar-refractivity contribution in [3.8, 4) is 11.3 Å². The van der Waals surface area contributed by atoms with Crippen molar-refractivity contribution in [3.05, 3.63) is 77.2 Å². The van der Waals surface area contributed by atoms with Gasteiger partial charge in [-0.15, -0.1) is 0 Å². The summed E-state index contributed by atoms with van der Waals surface area (Å²) in [6.07, 6.45) is 6.81. The Morgan fingerprint density at radius 1 is 0.696 bits per heavy atom. The molecule has 0 saturated carbocycles. The highest BCUT2D eigenvalue weighted by atomic mass is 79.9. The van der Waals surface area contributed by atoms with Gasteiger partial charge in [-0.2, -0.15) is 0 Å². The van der Waals surface area contributed by atoms with Crippen molar-refractivity contribution >= 4 is 64.8 Å². The van der Waals surface area contributed by atoms with Gasteiger partial charge in [0.2, 0.25) is 0 Å². The molecule has 246 valence electrons. The smallest absolute Gasteiger partial charge is 0.399 e. The number of hydrogen-bond donors (Lipinski definition) is 2. The zero-order valence-electron chi connectivity index (χ0n) is 28.2. The van der Waals surface area contributed by atoms with Gasteiger partial charge < -0.3 is 29.9 Å². The van der Waals surface area contributed by atoms with Crippen molar-refractivity contribution in [2.45, 2.75) is 52.7 Å². The molecule has 5 rings (SSSR count).